The van der Waals surface area contributed by atoms with Crippen molar-refractivity contribution < 1.29 is 0 Å². The summed E-state index contributed by atoms with van der Waals surface area (Å²) in [5, 5.41) is 0.244. The Labute approximate surface area is 92.7 Å². The summed E-state index contributed by atoms with van der Waals surface area (Å²) in [6.45, 7) is 4.11. The first-order valence-corrected chi connectivity index (χ1v) is 5.15. The van der Waals surface area contributed by atoms with Crippen LogP contribution in [0.1, 0.15) is 19.9 Å². The third-order valence-electron chi connectivity index (χ3n) is 2.31. The number of aromatic nitrogens is 2. The Kier molecular flexibility index (Phi) is 2.49. The van der Waals surface area contributed by atoms with Gasteiger partial charge < -0.3 is 4.57 Å². The molecule has 0 aromatic heterocycles. The van der Waals surface area contributed by atoms with Crippen molar-refractivity contribution in [2.75, 3.05) is 0 Å². The molecule has 0 radical (unpaired) electrons. The molecule has 0 unspecified atom stereocenters. The summed E-state index contributed by atoms with van der Waals surface area (Å²) in [4.78, 5) is 15.3. The zero-order valence-electron chi connectivity index (χ0n) is 8.57. The third-order valence-corrected chi connectivity index (χ3v) is 2.51. The zero-order chi connectivity index (χ0) is 11.0. The molecule has 2 aliphatic heterocycles. The number of pyridine rings is 2. The molecule has 0 aromatic rings. The molecule has 2 heterocycles. The van der Waals surface area contributed by atoms with Gasteiger partial charge in [0, 0.05) is 18.3 Å². The van der Waals surface area contributed by atoms with Crippen LogP contribution in [0.15, 0.2) is 29.2 Å². The van der Waals surface area contributed by atoms with Crippen LogP contribution in [-0.2, 0) is 0 Å². The number of hydrogen-bond donors (Lipinski definition) is 0. The van der Waals surface area contributed by atoms with E-state index < -0.39 is 0 Å². The van der Waals surface area contributed by atoms with Crippen molar-refractivity contribution in [1.29, 1.82) is 0 Å². The molecule has 0 aliphatic carbocycles. The molecule has 2 rings (SSSR count). The molecule has 0 N–H and O–H groups in total. The Balaban J connectivity index is 2.82. The van der Waals surface area contributed by atoms with E-state index in [4.69, 9.17) is 11.6 Å². The van der Waals surface area contributed by atoms with Crippen LogP contribution in [0, 0.1) is 0 Å². The van der Waals surface area contributed by atoms with E-state index in [1.165, 1.54) is 0 Å². The van der Waals surface area contributed by atoms with Gasteiger partial charge in [-0.15, -0.1) is 0 Å². The van der Waals surface area contributed by atoms with Crippen molar-refractivity contribution in [3.8, 4) is 11.3 Å². The lowest BCUT2D eigenvalue weighted by Crippen LogP contribution is -2.15. The summed E-state index contributed by atoms with van der Waals surface area (Å²) in [6, 6.07) is 5.61. The van der Waals surface area contributed by atoms with E-state index in [1.54, 1.807) is 12.1 Å². The van der Waals surface area contributed by atoms with E-state index >= 15 is 0 Å². The molecule has 4 heteroatoms. The van der Waals surface area contributed by atoms with Crippen molar-refractivity contribution in [3.05, 3.63) is 39.9 Å². The summed E-state index contributed by atoms with van der Waals surface area (Å²) in [5.41, 5.74) is 1.17. The van der Waals surface area contributed by atoms with Crippen LogP contribution < -0.4 is 5.56 Å². The lowest BCUT2D eigenvalue weighted by atomic mass is 10.1. The molecule has 0 spiro atoms. The second-order valence-corrected chi connectivity index (χ2v) is 4.08. The number of rotatable bonds is 1. The normalized spacial score (nSPS) is 11.2. The highest BCUT2D eigenvalue weighted by molar-refractivity contribution is 6.29. The highest BCUT2D eigenvalue weighted by atomic mass is 35.5. The van der Waals surface area contributed by atoms with Gasteiger partial charge in [-0.2, -0.15) is 4.98 Å². The van der Waals surface area contributed by atoms with E-state index in [2.05, 4.69) is 18.8 Å². The number of hydrogen-bond acceptors (Lipinski definition) is 2. The maximum absolute atomic E-state index is 11.6. The van der Waals surface area contributed by atoms with Gasteiger partial charge >= 0.3 is 0 Å². The molecule has 0 saturated carbocycles. The van der Waals surface area contributed by atoms with Gasteiger partial charge in [-0.25, -0.2) is 0 Å². The number of nitrogens with zero attached hydrogens (tertiary/aromatic N) is 2. The summed E-state index contributed by atoms with van der Waals surface area (Å²) in [7, 11) is 0. The molecule has 0 aromatic carbocycles. The molecular weight excluding hydrogens is 212 g/mol. The molecule has 0 saturated heterocycles. The lowest BCUT2D eigenvalue weighted by molar-refractivity contribution is 0.601. The topological polar surface area (TPSA) is 34.9 Å². The fourth-order valence-corrected chi connectivity index (χ4v) is 1.80. The van der Waals surface area contributed by atoms with Gasteiger partial charge in [0.15, 0.2) is 0 Å². The fraction of sp³-hybridized carbons (Fsp3) is 0.273. The lowest BCUT2D eigenvalue weighted by Gasteiger charge is -2.17. The SMILES string of the molecule is CC(C)n1cccc2c(=O)nc(Cl)cc1-2. The maximum Gasteiger partial charge on any atom is 0.280 e. The van der Waals surface area contributed by atoms with Crippen molar-refractivity contribution in [1.82, 2.24) is 9.55 Å². The molecule has 78 valence electrons. The van der Waals surface area contributed by atoms with Crippen LogP contribution in [0.25, 0.3) is 11.3 Å². The van der Waals surface area contributed by atoms with Crippen LogP contribution in [0.2, 0.25) is 5.15 Å². The Hall–Kier alpha value is -1.35. The third kappa shape index (κ3) is 1.75. The van der Waals surface area contributed by atoms with Crippen LogP contribution >= 0.6 is 11.6 Å². The van der Waals surface area contributed by atoms with Gasteiger partial charge in [0.25, 0.3) is 5.56 Å². The molecule has 0 amide bonds. The first kappa shape index (κ1) is 10.2. The minimum atomic E-state index is -0.271. The zero-order valence-corrected chi connectivity index (χ0v) is 9.32. The highest BCUT2D eigenvalue weighted by Crippen LogP contribution is 2.22. The highest BCUT2D eigenvalue weighted by Gasteiger charge is 2.12. The Morgan fingerprint density at radius 1 is 1.47 bits per heavy atom. The van der Waals surface area contributed by atoms with E-state index in [9.17, 15) is 4.79 Å². The second kappa shape index (κ2) is 3.66. The summed E-state index contributed by atoms with van der Waals surface area (Å²) in [5.74, 6) is 0. The summed E-state index contributed by atoms with van der Waals surface area (Å²) < 4.78 is 2.00. The van der Waals surface area contributed by atoms with Crippen molar-refractivity contribution in [3.63, 3.8) is 0 Å². The minimum Gasteiger partial charge on any atom is -0.345 e. The molecular formula is C11H11ClN2O. The summed E-state index contributed by atoms with van der Waals surface area (Å²) in [6.07, 6.45) is 1.93. The fourth-order valence-electron chi connectivity index (χ4n) is 1.62. The average molecular weight is 223 g/mol. The van der Waals surface area contributed by atoms with Crippen LogP contribution in [0.3, 0.4) is 0 Å². The van der Waals surface area contributed by atoms with Crippen LogP contribution in [0.4, 0.5) is 0 Å². The monoisotopic (exact) mass is 222 g/mol. The first-order chi connectivity index (χ1) is 7.09. The van der Waals surface area contributed by atoms with E-state index in [-0.39, 0.29) is 16.8 Å². The Bertz CT molecular complexity index is 519. The quantitative estimate of drug-likeness (QED) is 0.696. The van der Waals surface area contributed by atoms with Gasteiger partial charge in [0.05, 0.1) is 11.3 Å². The minimum absolute atomic E-state index is 0.244. The van der Waals surface area contributed by atoms with Gasteiger partial charge in [-0.3, -0.25) is 4.79 Å². The van der Waals surface area contributed by atoms with E-state index in [1.807, 2.05) is 16.8 Å². The van der Waals surface area contributed by atoms with Crippen molar-refractivity contribution in [2.24, 2.45) is 0 Å². The van der Waals surface area contributed by atoms with Gasteiger partial charge in [0.1, 0.15) is 5.15 Å². The second-order valence-electron chi connectivity index (χ2n) is 3.69. The van der Waals surface area contributed by atoms with Crippen LogP contribution in [0.5, 0.6) is 0 Å². The van der Waals surface area contributed by atoms with Gasteiger partial charge in [-0.1, -0.05) is 11.6 Å². The molecule has 0 fully saturated rings. The van der Waals surface area contributed by atoms with Crippen molar-refractivity contribution >= 4 is 11.6 Å². The number of fused-ring (bicyclic) bond motifs is 1. The first-order valence-electron chi connectivity index (χ1n) is 4.77. The van der Waals surface area contributed by atoms with E-state index in [0.29, 0.717) is 5.56 Å². The Morgan fingerprint density at radius 3 is 2.87 bits per heavy atom. The van der Waals surface area contributed by atoms with E-state index in [0.717, 1.165) is 5.69 Å². The smallest absolute Gasteiger partial charge is 0.280 e. The summed E-state index contributed by atoms with van der Waals surface area (Å²) >= 11 is 5.78. The predicted octanol–water partition coefficient (Wildman–Crippen LogP) is 2.58. The van der Waals surface area contributed by atoms with Gasteiger partial charge in [0.2, 0.25) is 0 Å². The standard InChI is InChI=1S/C11H11ClN2O/c1-7(2)14-5-3-4-8-9(14)6-10(12)13-11(8)15/h3-7H,1-2H3. The molecule has 2 aliphatic rings. The molecule has 0 bridgehead atoms. The average Bonchev–Trinajstić information content (AvgIpc) is 2.16. The largest absolute Gasteiger partial charge is 0.345 e. The van der Waals surface area contributed by atoms with Gasteiger partial charge in [-0.05, 0) is 26.0 Å². The molecule has 3 nitrogen and oxygen atoms in total. The maximum atomic E-state index is 11.6. The predicted molar refractivity (Wildman–Crippen MR) is 60.5 cm³/mol. The molecule has 0 atom stereocenters. The van der Waals surface area contributed by atoms with Crippen molar-refractivity contribution in [2.45, 2.75) is 19.9 Å². The Morgan fingerprint density at radius 2 is 2.20 bits per heavy atom. The van der Waals surface area contributed by atoms with Crippen LogP contribution in [-0.4, -0.2) is 9.55 Å². The number of halogens is 1. The molecule has 15 heavy (non-hydrogen) atoms.